The molecule has 1 saturated heterocycles. The van der Waals surface area contributed by atoms with E-state index in [1.807, 2.05) is 95.4 Å². The van der Waals surface area contributed by atoms with E-state index in [0.29, 0.717) is 16.1 Å². The molecule has 1 amide bonds. The van der Waals surface area contributed by atoms with E-state index in [9.17, 15) is 14.4 Å². The Labute approximate surface area is 218 Å². The zero-order valence-corrected chi connectivity index (χ0v) is 20.5. The summed E-state index contributed by atoms with van der Waals surface area (Å²) in [6, 6.07) is 26.8. The zero-order valence-electron chi connectivity index (χ0n) is 19.7. The van der Waals surface area contributed by atoms with Crippen LogP contribution >= 0.6 is 11.3 Å². The molecule has 0 aliphatic carbocycles. The fourth-order valence-corrected chi connectivity index (χ4v) is 7.22. The highest BCUT2D eigenvalue weighted by molar-refractivity contribution is 7.12. The number of para-hydroxylation sites is 1. The van der Waals surface area contributed by atoms with Crippen molar-refractivity contribution in [2.45, 2.75) is 17.5 Å². The molecule has 3 aliphatic rings. The van der Waals surface area contributed by atoms with Gasteiger partial charge < -0.3 is 10.2 Å². The number of Topliss-reactive ketones (excluding diaryl/α,β-unsaturated/α-hetero) is 2. The molecule has 3 aliphatic heterocycles. The zero-order chi connectivity index (χ0) is 25.1. The number of ketones is 2. The van der Waals surface area contributed by atoms with Crippen molar-refractivity contribution in [1.82, 2.24) is 4.90 Å². The highest BCUT2D eigenvalue weighted by atomic mass is 32.1. The highest BCUT2D eigenvalue weighted by Gasteiger charge is 2.70. The lowest BCUT2D eigenvalue weighted by Crippen LogP contribution is -2.49. The summed E-state index contributed by atoms with van der Waals surface area (Å²) < 4.78 is 0. The molecule has 4 atom stereocenters. The van der Waals surface area contributed by atoms with E-state index in [2.05, 4.69) is 5.32 Å². The van der Waals surface area contributed by atoms with Crippen LogP contribution in [-0.4, -0.2) is 28.4 Å². The van der Waals surface area contributed by atoms with E-state index >= 15 is 0 Å². The Morgan fingerprint density at radius 3 is 2.41 bits per heavy atom. The average molecular weight is 503 g/mol. The number of hydrogen-bond donors (Lipinski definition) is 1. The number of carbonyl (C=O) groups is 3. The van der Waals surface area contributed by atoms with Gasteiger partial charge in [0, 0.05) is 17.5 Å². The normalized spacial score (nSPS) is 24.9. The number of anilines is 1. The molecule has 1 spiro atoms. The lowest BCUT2D eigenvalue weighted by molar-refractivity contribution is -0.122. The Balaban J connectivity index is 1.55. The molecular formula is C31H22N2O3S. The number of amides is 1. The summed E-state index contributed by atoms with van der Waals surface area (Å²) >= 11 is 1.34. The van der Waals surface area contributed by atoms with Gasteiger partial charge in [-0.05, 0) is 40.3 Å². The van der Waals surface area contributed by atoms with Crippen LogP contribution in [0.15, 0.2) is 103 Å². The Morgan fingerprint density at radius 2 is 1.59 bits per heavy atom. The van der Waals surface area contributed by atoms with E-state index in [1.54, 1.807) is 18.2 Å². The van der Waals surface area contributed by atoms with Gasteiger partial charge in [-0.15, -0.1) is 11.3 Å². The Hall–Kier alpha value is -4.29. The summed E-state index contributed by atoms with van der Waals surface area (Å²) in [5.74, 6) is -1.52. The van der Waals surface area contributed by atoms with Crippen molar-refractivity contribution in [3.05, 3.63) is 130 Å². The van der Waals surface area contributed by atoms with Crippen LogP contribution in [0.4, 0.5) is 5.69 Å². The first-order valence-electron chi connectivity index (χ1n) is 12.2. The van der Waals surface area contributed by atoms with Crippen LogP contribution in [-0.2, 0) is 10.2 Å². The van der Waals surface area contributed by atoms with Crippen molar-refractivity contribution >= 4 is 40.6 Å². The second-order valence-electron chi connectivity index (χ2n) is 9.66. The van der Waals surface area contributed by atoms with Crippen molar-refractivity contribution in [1.29, 1.82) is 0 Å². The minimum atomic E-state index is -1.28. The summed E-state index contributed by atoms with van der Waals surface area (Å²) in [5, 5.41) is 4.93. The lowest BCUT2D eigenvalue weighted by Gasteiger charge is -2.38. The van der Waals surface area contributed by atoms with Crippen molar-refractivity contribution in [2.24, 2.45) is 5.92 Å². The van der Waals surface area contributed by atoms with E-state index < -0.39 is 23.4 Å². The molecule has 5 nitrogen and oxygen atoms in total. The van der Waals surface area contributed by atoms with Crippen LogP contribution in [0, 0.1) is 5.92 Å². The van der Waals surface area contributed by atoms with Crippen molar-refractivity contribution in [2.75, 3.05) is 5.32 Å². The van der Waals surface area contributed by atoms with Crippen LogP contribution in [0.25, 0.3) is 6.08 Å². The minimum Gasteiger partial charge on any atom is -0.358 e. The largest absolute Gasteiger partial charge is 0.358 e. The van der Waals surface area contributed by atoms with Gasteiger partial charge in [-0.3, -0.25) is 14.4 Å². The molecule has 0 saturated carbocycles. The molecule has 0 radical (unpaired) electrons. The number of thiophene rings is 1. The van der Waals surface area contributed by atoms with Gasteiger partial charge in [0.15, 0.2) is 11.6 Å². The van der Waals surface area contributed by atoms with Gasteiger partial charge in [-0.1, -0.05) is 78.9 Å². The van der Waals surface area contributed by atoms with Crippen molar-refractivity contribution in [3.63, 3.8) is 0 Å². The second kappa shape index (κ2) is 8.11. The molecule has 4 unspecified atom stereocenters. The molecule has 7 rings (SSSR count). The first-order chi connectivity index (χ1) is 18.1. The Bertz CT molecular complexity index is 1590. The van der Waals surface area contributed by atoms with Gasteiger partial charge in [0.05, 0.1) is 16.8 Å². The van der Waals surface area contributed by atoms with Crippen molar-refractivity contribution < 1.29 is 14.4 Å². The molecule has 37 heavy (non-hydrogen) atoms. The van der Waals surface area contributed by atoms with Crippen LogP contribution < -0.4 is 5.32 Å². The molecule has 1 fully saturated rings. The molecule has 4 heterocycles. The maximum atomic E-state index is 14.5. The first kappa shape index (κ1) is 21.9. The summed E-state index contributed by atoms with van der Waals surface area (Å²) in [6.07, 6.45) is 3.87. The molecule has 1 aromatic heterocycles. The molecule has 4 aromatic rings. The maximum Gasteiger partial charge on any atom is 0.238 e. The summed E-state index contributed by atoms with van der Waals surface area (Å²) in [6.45, 7) is 0. The molecule has 0 bridgehead atoms. The van der Waals surface area contributed by atoms with Crippen LogP contribution in [0.2, 0.25) is 0 Å². The SMILES string of the molecule is O=C(c1ccccc1)C1C(C(=O)c2cccs2)C2(C(=O)Nc3ccccc32)C2c3ccccc3C=CN12. The van der Waals surface area contributed by atoms with E-state index in [-0.39, 0.29) is 17.5 Å². The first-order valence-corrected chi connectivity index (χ1v) is 13.1. The highest BCUT2D eigenvalue weighted by Crippen LogP contribution is 2.62. The van der Waals surface area contributed by atoms with E-state index in [1.165, 1.54) is 11.3 Å². The fraction of sp³-hybridized carbons (Fsp3) is 0.129. The van der Waals surface area contributed by atoms with Gasteiger partial charge in [-0.25, -0.2) is 0 Å². The van der Waals surface area contributed by atoms with Crippen molar-refractivity contribution in [3.8, 4) is 0 Å². The quantitative estimate of drug-likeness (QED) is 0.362. The number of nitrogens with zero attached hydrogens (tertiary/aromatic N) is 1. The number of benzene rings is 3. The number of nitrogens with one attached hydrogen (secondary N) is 1. The van der Waals surface area contributed by atoms with Gasteiger partial charge in [-0.2, -0.15) is 0 Å². The second-order valence-corrected chi connectivity index (χ2v) is 10.6. The number of fused-ring (bicyclic) bond motifs is 6. The summed E-state index contributed by atoms with van der Waals surface area (Å²) in [4.78, 5) is 45.6. The third-order valence-electron chi connectivity index (χ3n) is 7.94. The number of hydrogen-bond acceptors (Lipinski definition) is 5. The smallest absolute Gasteiger partial charge is 0.238 e. The molecule has 6 heteroatoms. The van der Waals surface area contributed by atoms with E-state index in [4.69, 9.17) is 0 Å². The molecule has 3 aromatic carbocycles. The standard InChI is InChI=1S/C31H22N2O3S/c34-27(20-10-2-1-3-11-20)26-25(28(35)24-15-8-18-37-24)31(22-13-6-7-14-23(22)32-30(31)36)29-21-12-5-4-9-19(21)16-17-33(26)29/h1-18,25-26,29H,(H,32,36). The van der Waals surface area contributed by atoms with Gasteiger partial charge in [0.25, 0.3) is 0 Å². The number of rotatable bonds is 4. The predicted octanol–water partition coefficient (Wildman–Crippen LogP) is 5.73. The molecular weight excluding hydrogens is 480 g/mol. The third kappa shape index (κ3) is 2.93. The van der Waals surface area contributed by atoms with Gasteiger partial charge in [0.1, 0.15) is 11.5 Å². The average Bonchev–Trinajstić information content (AvgIpc) is 3.65. The minimum absolute atomic E-state index is 0.168. The number of carbonyl (C=O) groups excluding carboxylic acids is 3. The molecule has 180 valence electrons. The van der Waals surface area contributed by atoms with Crippen LogP contribution in [0.3, 0.4) is 0 Å². The monoisotopic (exact) mass is 502 g/mol. The molecule has 1 N–H and O–H groups in total. The Morgan fingerprint density at radius 1 is 0.838 bits per heavy atom. The third-order valence-corrected chi connectivity index (χ3v) is 8.83. The van der Waals surface area contributed by atoms with E-state index in [0.717, 1.165) is 16.7 Å². The predicted molar refractivity (Wildman–Crippen MR) is 144 cm³/mol. The summed E-state index contributed by atoms with van der Waals surface area (Å²) in [5.41, 5.74) is 2.61. The van der Waals surface area contributed by atoms with Gasteiger partial charge in [0.2, 0.25) is 5.91 Å². The van der Waals surface area contributed by atoms with Crippen LogP contribution in [0.5, 0.6) is 0 Å². The summed E-state index contributed by atoms with van der Waals surface area (Å²) in [7, 11) is 0. The van der Waals surface area contributed by atoms with Crippen LogP contribution in [0.1, 0.15) is 42.8 Å². The van der Waals surface area contributed by atoms with Gasteiger partial charge >= 0.3 is 0 Å². The lowest BCUT2D eigenvalue weighted by atomic mass is 9.63. The fourth-order valence-electron chi connectivity index (χ4n) is 6.51. The maximum absolute atomic E-state index is 14.5. The Kier molecular flexibility index (Phi) is 4.81. The topological polar surface area (TPSA) is 66.5 Å².